The highest BCUT2D eigenvalue weighted by molar-refractivity contribution is 9.10. The number of benzene rings is 1. The van der Waals surface area contributed by atoms with E-state index in [0.29, 0.717) is 5.82 Å². The first-order chi connectivity index (χ1) is 10.1. The molecule has 0 spiro atoms. The van der Waals surface area contributed by atoms with Crippen LogP contribution in [0.2, 0.25) is 0 Å². The Hall–Kier alpha value is -2.34. The van der Waals surface area contributed by atoms with E-state index in [1.165, 1.54) is 0 Å². The molecule has 2 aromatic heterocycles. The summed E-state index contributed by atoms with van der Waals surface area (Å²) in [6.07, 6.45) is 3.51. The Morgan fingerprint density at radius 1 is 1.19 bits per heavy atom. The average Bonchev–Trinajstić information content (AvgIpc) is 2.91. The summed E-state index contributed by atoms with van der Waals surface area (Å²) in [5.74, 6) is 0.958. The van der Waals surface area contributed by atoms with Crippen LogP contribution in [0.5, 0.6) is 5.75 Å². The van der Waals surface area contributed by atoms with E-state index >= 15 is 0 Å². The highest BCUT2D eigenvalue weighted by Crippen LogP contribution is 2.26. The summed E-state index contributed by atoms with van der Waals surface area (Å²) < 4.78 is 0.915. The van der Waals surface area contributed by atoms with E-state index in [4.69, 9.17) is 0 Å². The van der Waals surface area contributed by atoms with Crippen molar-refractivity contribution < 1.29 is 5.11 Å². The monoisotopic (exact) mass is 344 g/mol. The molecular formula is C15H13BrN4O. The first-order valence-electron chi connectivity index (χ1n) is 6.35. The van der Waals surface area contributed by atoms with Crippen molar-refractivity contribution in [1.29, 1.82) is 0 Å². The number of aromatic nitrogens is 3. The summed E-state index contributed by atoms with van der Waals surface area (Å²) in [5, 5.41) is 19.9. The van der Waals surface area contributed by atoms with E-state index in [2.05, 4.69) is 36.4 Å². The van der Waals surface area contributed by atoms with Gasteiger partial charge in [-0.2, -0.15) is 5.10 Å². The van der Waals surface area contributed by atoms with Crippen molar-refractivity contribution in [2.24, 2.45) is 0 Å². The molecule has 3 aromatic rings. The molecule has 0 bridgehead atoms. The Kier molecular flexibility index (Phi) is 3.62. The number of aromatic hydroxyl groups is 1. The van der Waals surface area contributed by atoms with Gasteiger partial charge in [-0.05, 0) is 52.7 Å². The number of phenols is 1. The Morgan fingerprint density at radius 2 is 2.05 bits per heavy atom. The molecule has 6 heteroatoms. The van der Waals surface area contributed by atoms with Crippen LogP contribution < -0.4 is 5.32 Å². The molecule has 21 heavy (non-hydrogen) atoms. The molecule has 0 aliphatic rings. The third-order valence-corrected chi connectivity index (χ3v) is 3.50. The number of phenolic OH excluding ortho intramolecular Hbond substituents is 1. The number of H-pyrrole nitrogens is 1. The lowest BCUT2D eigenvalue weighted by Gasteiger charge is -2.06. The highest BCUT2D eigenvalue weighted by Gasteiger charge is 2.06. The number of pyridine rings is 1. The first kappa shape index (κ1) is 13.6. The second kappa shape index (κ2) is 5.57. The van der Waals surface area contributed by atoms with Crippen molar-refractivity contribution >= 4 is 27.4 Å². The predicted molar refractivity (Wildman–Crippen MR) is 85.6 cm³/mol. The maximum absolute atomic E-state index is 9.42. The van der Waals surface area contributed by atoms with Crippen LogP contribution in [0.4, 0.5) is 11.5 Å². The SMILES string of the molecule is Cc1cc(O)ccc1Nc1cc(-c2cncc(Br)c2)[nH]n1. The van der Waals surface area contributed by atoms with Gasteiger partial charge in [0.15, 0.2) is 5.82 Å². The molecule has 3 N–H and O–H groups in total. The van der Waals surface area contributed by atoms with Gasteiger partial charge in [-0.3, -0.25) is 10.1 Å². The number of aryl methyl sites for hydroxylation is 1. The summed E-state index contributed by atoms with van der Waals surface area (Å²) in [6.45, 7) is 1.92. The molecule has 0 amide bonds. The summed E-state index contributed by atoms with van der Waals surface area (Å²) in [4.78, 5) is 4.13. The minimum atomic E-state index is 0.251. The van der Waals surface area contributed by atoms with E-state index in [-0.39, 0.29) is 5.75 Å². The zero-order chi connectivity index (χ0) is 14.8. The number of nitrogens with one attached hydrogen (secondary N) is 2. The summed E-state index contributed by atoms with van der Waals surface area (Å²) >= 11 is 3.40. The van der Waals surface area contributed by atoms with Crippen LogP contribution in [-0.2, 0) is 0 Å². The van der Waals surface area contributed by atoms with Crippen LogP contribution in [0.15, 0.2) is 47.2 Å². The second-order valence-corrected chi connectivity index (χ2v) is 5.60. The van der Waals surface area contributed by atoms with Crippen molar-refractivity contribution in [3.05, 3.63) is 52.8 Å². The maximum Gasteiger partial charge on any atom is 0.152 e. The van der Waals surface area contributed by atoms with Crippen LogP contribution in [-0.4, -0.2) is 20.3 Å². The lowest BCUT2D eigenvalue weighted by molar-refractivity contribution is 0.475. The summed E-state index contributed by atoms with van der Waals surface area (Å²) in [5.41, 5.74) is 3.68. The molecule has 0 saturated carbocycles. The van der Waals surface area contributed by atoms with E-state index < -0.39 is 0 Å². The Balaban J connectivity index is 1.85. The molecule has 0 unspecified atom stereocenters. The number of aromatic amines is 1. The quantitative estimate of drug-likeness (QED) is 0.628. The molecular weight excluding hydrogens is 332 g/mol. The van der Waals surface area contributed by atoms with Gasteiger partial charge in [0, 0.05) is 34.2 Å². The standard InChI is InChI=1S/C15H13BrN4O/c1-9-4-12(21)2-3-13(9)18-15-6-14(19-20-15)10-5-11(16)8-17-7-10/h2-8,21H,1H3,(H2,18,19,20). The molecule has 0 aliphatic carbocycles. The molecule has 0 fully saturated rings. The van der Waals surface area contributed by atoms with Gasteiger partial charge in [-0.1, -0.05) is 0 Å². The van der Waals surface area contributed by atoms with Crippen molar-refractivity contribution in [3.8, 4) is 17.0 Å². The topological polar surface area (TPSA) is 73.8 Å². The molecule has 0 aliphatic heterocycles. The Labute approximate surface area is 130 Å². The summed E-state index contributed by atoms with van der Waals surface area (Å²) in [7, 11) is 0. The first-order valence-corrected chi connectivity index (χ1v) is 7.14. The molecule has 2 heterocycles. The third kappa shape index (κ3) is 3.05. The van der Waals surface area contributed by atoms with Crippen molar-refractivity contribution in [2.75, 3.05) is 5.32 Å². The number of halogens is 1. The van der Waals surface area contributed by atoms with E-state index in [0.717, 1.165) is 27.0 Å². The second-order valence-electron chi connectivity index (χ2n) is 4.68. The van der Waals surface area contributed by atoms with Gasteiger partial charge in [0.25, 0.3) is 0 Å². The molecule has 5 nitrogen and oxygen atoms in total. The van der Waals surface area contributed by atoms with Gasteiger partial charge in [0.05, 0.1) is 5.69 Å². The molecule has 0 atom stereocenters. The fourth-order valence-corrected chi connectivity index (χ4v) is 2.38. The minimum Gasteiger partial charge on any atom is -0.508 e. The van der Waals surface area contributed by atoms with Crippen LogP contribution in [0.3, 0.4) is 0 Å². The van der Waals surface area contributed by atoms with Gasteiger partial charge in [-0.25, -0.2) is 0 Å². The fraction of sp³-hybridized carbons (Fsp3) is 0.0667. The van der Waals surface area contributed by atoms with Gasteiger partial charge in [-0.15, -0.1) is 0 Å². The minimum absolute atomic E-state index is 0.251. The van der Waals surface area contributed by atoms with Crippen LogP contribution in [0, 0.1) is 6.92 Å². The van der Waals surface area contributed by atoms with Crippen LogP contribution >= 0.6 is 15.9 Å². The van der Waals surface area contributed by atoms with Gasteiger partial charge in [0.2, 0.25) is 0 Å². The van der Waals surface area contributed by atoms with E-state index in [9.17, 15) is 5.11 Å². The van der Waals surface area contributed by atoms with E-state index in [1.807, 2.05) is 25.1 Å². The fourth-order valence-electron chi connectivity index (χ4n) is 2.02. The number of nitrogens with zero attached hydrogens (tertiary/aromatic N) is 2. The van der Waals surface area contributed by atoms with Crippen molar-refractivity contribution in [2.45, 2.75) is 6.92 Å². The van der Waals surface area contributed by atoms with Gasteiger partial charge in [0.1, 0.15) is 5.75 Å². The average molecular weight is 345 g/mol. The molecule has 0 radical (unpaired) electrons. The number of rotatable bonds is 3. The number of hydrogen-bond acceptors (Lipinski definition) is 4. The lowest BCUT2D eigenvalue weighted by Crippen LogP contribution is -1.92. The number of anilines is 2. The van der Waals surface area contributed by atoms with Gasteiger partial charge < -0.3 is 10.4 Å². The van der Waals surface area contributed by atoms with Crippen LogP contribution in [0.1, 0.15) is 5.56 Å². The van der Waals surface area contributed by atoms with Gasteiger partial charge >= 0.3 is 0 Å². The number of hydrogen-bond donors (Lipinski definition) is 3. The smallest absolute Gasteiger partial charge is 0.152 e. The molecule has 1 aromatic carbocycles. The highest BCUT2D eigenvalue weighted by atomic mass is 79.9. The molecule has 0 saturated heterocycles. The third-order valence-electron chi connectivity index (χ3n) is 3.07. The largest absolute Gasteiger partial charge is 0.508 e. The molecule has 3 rings (SSSR count). The Morgan fingerprint density at radius 3 is 2.81 bits per heavy atom. The van der Waals surface area contributed by atoms with E-state index in [1.54, 1.807) is 24.5 Å². The zero-order valence-electron chi connectivity index (χ0n) is 11.3. The van der Waals surface area contributed by atoms with Crippen LogP contribution in [0.25, 0.3) is 11.3 Å². The predicted octanol–water partition coefficient (Wildman–Crippen LogP) is 3.99. The van der Waals surface area contributed by atoms with Crippen molar-refractivity contribution in [3.63, 3.8) is 0 Å². The Bertz CT molecular complexity index is 785. The lowest BCUT2D eigenvalue weighted by atomic mass is 10.2. The summed E-state index contributed by atoms with van der Waals surface area (Å²) in [6, 6.07) is 9.04. The molecule has 106 valence electrons. The zero-order valence-corrected chi connectivity index (χ0v) is 12.8. The maximum atomic E-state index is 9.42. The van der Waals surface area contributed by atoms with Crippen molar-refractivity contribution in [1.82, 2.24) is 15.2 Å². The normalized spacial score (nSPS) is 10.6.